The van der Waals surface area contributed by atoms with Crippen molar-refractivity contribution in [1.82, 2.24) is 0 Å². The summed E-state index contributed by atoms with van der Waals surface area (Å²) in [5.74, 6) is 7.14. The molecule has 0 saturated carbocycles. The third-order valence-corrected chi connectivity index (χ3v) is 4.92. The molecule has 2 rings (SSSR count). The molecular formula is C14H13BrS2. The average Bonchev–Trinajstić information content (AvgIpc) is 2.84. The first kappa shape index (κ1) is 12.9. The van der Waals surface area contributed by atoms with Crippen LogP contribution in [0, 0.1) is 17.8 Å². The number of hydrogen-bond acceptors (Lipinski definition) is 2. The molecule has 88 valence electrons. The van der Waals surface area contributed by atoms with Gasteiger partial charge in [-0.1, -0.05) is 25.7 Å². The molecule has 0 unspecified atom stereocenters. The van der Waals surface area contributed by atoms with Gasteiger partial charge in [0, 0.05) is 10.4 Å². The number of thiophene rings is 2. The summed E-state index contributed by atoms with van der Waals surface area (Å²) >= 11 is 6.97. The Morgan fingerprint density at radius 1 is 1.24 bits per heavy atom. The molecule has 0 N–H and O–H groups in total. The third-order valence-electron chi connectivity index (χ3n) is 2.21. The fraction of sp³-hybridized carbons (Fsp3) is 0.286. The third kappa shape index (κ3) is 3.70. The lowest BCUT2D eigenvalue weighted by Gasteiger charge is -1.98. The highest BCUT2D eigenvalue weighted by molar-refractivity contribution is 9.11. The average molecular weight is 325 g/mol. The van der Waals surface area contributed by atoms with Crippen molar-refractivity contribution in [2.75, 3.05) is 0 Å². The standard InChI is InChI=1S/C14H13BrS2/c1-10(2)9-13-6-5-12(17-13)4-3-11-7-8-16-14(11)15/h5-8,10H,9H2,1-2H3. The Bertz CT molecular complexity index is 552. The molecular weight excluding hydrogens is 312 g/mol. The van der Waals surface area contributed by atoms with Crippen LogP contribution in [0.4, 0.5) is 0 Å². The molecule has 17 heavy (non-hydrogen) atoms. The summed E-state index contributed by atoms with van der Waals surface area (Å²) in [5, 5.41) is 2.05. The van der Waals surface area contributed by atoms with E-state index in [4.69, 9.17) is 0 Å². The van der Waals surface area contributed by atoms with E-state index < -0.39 is 0 Å². The molecule has 2 aromatic heterocycles. The molecule has 0 fully saturated rings. The minimum atomic E-state index is 0.709. The Hall–Kier alpha value is -0.560. The molecule has 0 aliphatic carbocycles. The van der Waals surface area contributed by atoms with Gasteiger partial charge < -0.3 is 0 Å². The van der Waals surface area contributed by atoms with Gasteiger partial charge in [-0.2, -0.15) is 0 Å². The first-order valence-electron chi connectivity index (χ1n) is 5.49. The van der Waals surface area contributed by atoms with Crippen LogP contribution in [-0.2, 0) is 6.42 Å². The van der Waals surface area contributed by atoms with Crippen molar-refractivity contribution in [2.45, 2.75) is 20.3 Å². The fourth-order valence-electron chi connectivity index (χ4n) is 1.47. The lowest BCUT2D eigenvalue weighted by Crippen LogP contribution is -1.89. The molecule has 0 aromatic carbocycles. The second-order valence-corrected chi connectivity index (χ2v) is 7.62. The van der Waals surface area contributed by atoms with Gasteiger partial charge in [-0.15, -0.1) is 22.7 Å². The van der Waals surface area contributed by atoms with E-state index in [0.29, 0.717) is 5.92 Å². The number of halogens is 1. The summed E-state index contributed by atoms with van der Waals surface area (Å²) in [6.45, 7) is 4.49. The van der Waals surface area contributed by atoms with Crippen LogP contribution in [0.2, 0.25) is 0 Å². The molecule has 0 atom stereocenters. The normalized spacial score (nSPS) is 10.4. The smallest absolute Gasteiger partial charge is 0.0854 e. The van der Waals surface area contributed by atoms with Gasteiger partial charge in [0.25, 0.3) is 0 Å². The van der Waals surface area contributed by atoms with Gasteiger partial charge in [0.05, 0.1) is 8.66 Å². The van der Waals surface area contributed by atoms with Gasteiger partial charge in [0.15, 0.2) is 0 Å². The van der Waals surface area contributed by atoms with E-state index in [1.165, 1.54) is 4.88 Å². The monoisotopic (exact) mass is 324 g/mol. The summed E-state index contributed by atoms with van der Waals surface area (Å²) < 4.78 is 1.11. The molecule has 2 aromatic rings. The quantitative estimate of drug-likeness (QED) is 0.668. The molecule has 0 nitrogen and oxygen atoms in total. The topological polar surface area (TPSA) is 0 Å². The van der Waals surface area contributed by atoms with Crippen molar-refractivity contribution in [3.63, 3.8) is 0 Å². The Balaban J connectivity index is 2.12. The largest absolute Gasteiger partial charge is 0.135 e. The molecule has 0 bridgehead atoms. The van der Waals surface area contributed by atoms with E-state index in [9.17, 15) is 0 Å². The lowest BCUT2D eigenvalue weighted by molar-refractivity contribution is 0.654. The molecule has 0 amide bonds. The van der Waals surface area contributed by atoms with Crippen LogP contribution in [0.25, 0.3) is 0 Å². The zero-order chi connectivity index (χ0) is 12.3. The summed E-state index contributed by atoms with van der Waals surface area (Å²) in [7, 11) is 0. The lowest BCUT2D eigenvalue weighted by atomic mass is 10.1. The Labute approximate surface area is 119 Å². The molecule has 2 heterocycles. The summed E-state index contributed by atoms with van der Waals surface area (Å²) in [6.07, 6.45) is 1.15. The fourth-order valence-corrected chi connectivity index (χ4v) is 3.67. The molecule has 3 heteroatoms. The predicted octanol–water partition coefficient (Wildman–Crippen LogP) is 5.17. The van der Waals surface area contributed by atoms with Crippen molar-refractivity contribution in [3.05, 3.63) is 42.7 Å². The van der Waals surface area contributed by atoms with Gasteiger partial charge in [-0.05, 0) is 51.8 Å². The van der Waals surface area contributed by atoms with Crippen LogP contribution < -0.4 is 0 Å². The van der Waals surface area contributed by atoms with Gasteiger partial charge >= 0.3 is 0 Å². The van der Waals surface area contributed by atoms with Gasteiger partial charge in [-0.25, -0.2) is 0 Å². The summed E-state index contributed by atoms with van der Waals surface area (Å²) in [6, 6.07) is 6.36. The summed E-state index contributed by atoms with van der Waals surface area (Å²) in [5.41, 5.74) is 1.08. The second-order valence-electron chi connectivity index (χ2n) is 4.22. The zero-order valence-corrected chi connectivity index (χ0v) is 13.0. The van der Waals surface area contributed by atoms with E-state index in [1.807, 2.05) is 11.4 Å². The van der Waals surface area contributed by atoms with Gasteiger partial charge in [0.2, 0.25) is 0 Å². The Morgan fingerprint density at radius 2 is 2.06 bits per heavy atom. The predicted molar refractivity (Wildman–Crippen MR) is 80.9 cm³/mol. The Morgan fingerprint density at radius 3 is 2.71 bits per heavy atom. The highest BCUT2D eigenvalue weighted by Gasteiger charge is 2.01. The van der Waals surface area contributed by atoms with Gasteiger partial charge in [-0.3, -0.25) is 0 Å². The maximum absolute atomic E-state index is 3.50. The minimum absolute atomic E-state index is 0.709. The van der Waals surface area contributed by atoms with Crippen molar-refractivity contribution >= 4 is 38.6 Å². The number of rotatable bonds is 2. The molecule has 0 aliphatic heterocycles. The Kier molecular flexibility index (Phi) is 4.44. The maximum Gasteiger partial charge on any atom is 0.0854 e. The van der Waals surface area contributed by atoms with Crippen molar-refractivity contribution in [1.29, 1.82) is 0 Å². The van der Waals surface area contributed by atoms with Crippen LogP contribution in [0.3, 0.4) is 0 Å². The maximum atomic E-state index is 3.50. The highest BCUT2D eigenvalue weighted by atomic mass is 79.9. The van der Waals surface area contributed by atoms with Crippen LogP contribution >= 0.6 is 38.6 Å². The SMILES string of the molecule is CC(C)Cc1ccc(C#Cc2ccsc2Br)s1. The van der Waals surface area contributed by atoms with Crippen LogP contribution in [0.15, 0.2) is 27.4 Å². The van der Waals surface area contributed by atoms with Crippen LogP contribution in [0.1, 0.15) is 29.2 Å². The first-order chi connectivity index (χ1) is 8.15. The van der Waals surface area contributed by atoms with E-state index in [0.717, 1.165) is 20.6 Å². The van der Waals surface area contributed by atoms with E-state index >= 15 is 0 Å². The van der Waals surface area contributed by atoms with E-state index in [1.54, 1.807) is 22.7 Å². The molecule has 0 spiro atoms. The second kappa shape index (κ2) is 5.86. The summed E-state index contributed by atoms with van der Waals surface area (Å²) in [4.78, 5) is 2.58. The van der Waals surface area contributed by atoms with E-state index in [2.05, 4.69) is 53.8 Å². The molecule has 0 radical (unpaired) electrons. The van der Waals surface area contributed by atoms with Crippen LogP contribution in [-0.4, -0.2) is 0 Å². The van der Waals surface area contributed by atoms with Gasteiger partial charge in [0.1, 0.15) is 0 Å². The minimum Gasteiger partial charge on any atom is -0.135 e. The number of hydrogen-bond donors (Lipinski definition) is 0. The molecule has 0 saturated heterocycles. The molecule has 0 aliphatic rings. The zero-order valence-electron chi connectivity index (χ0n) is 9.79. The first-order valence-corrected chi connectivity index (χ1v) is 7.98. The van der Waals surface area contributed by atoms with Crippen molar-refractivity contribution < 1.29 is 0 Å². The highest BCUT2D eigenvalue weighted by Crippen LogP contribution is 2.23. The van der Waals surface area contributed by atoms with Crippen LogP contribution in [0.5, 0.6) is 0 Å². The van der Waals surface area contributed by atoms with Crippen molar-refractivity contribution in [3.8, 4) is 11.8 Å². The van der Waals surface area contributed by atoms with E-state index in [-0.39, 0.29) is 0 Å². The van der Waals surface area contributed by atoms with Crippen molar-refractivity contribution in [2.24, 2.45) is 5.92 Å².